The molecule has 134 heavy (non-hydrogen) atoms. The fourth-order valence-corrected chi connectivity index (χ4v) is 14.8. The molecule has 0 spiro atoms. The first-order valence-corrected chi connectivity index (χ1v) is 47.8. The molecule has 0 saturated carbocycles. The van der Waals surface area contributed by atoms with E-state index in [9.17, 15) is 76.7 Å². The highest BCUT2D eigenvalue weighted by Gasteiger charge is 2.36. The van der Waals surface area contributed by atoms with Gasteiger partial charge in [0.1, 0.15) is 22.7 Å². The molecule has 0 aromatic heterocycles. The Morgan fingerprint density at radius 1 is 0.254 bits per heavy atom. The molecule has 12 N–H and O–H groups in total. The van der Waals surface area contributed by atoms with Crippen molar-refractivity contribution in [3.8, 4) is 0 Å². The van der Waals surface area contributed by atoms with Crippen LogP contribution < -0.4 is 151 Å². The number of nitrogens with one attached hydrogen (secondary N) is 10. The van der Waals surface area contributed by atoms with Crippen molar-refractivity contribution in [1.29, 1.82) is 0 Å². The summed E-state index contributed by atoms with van der Waals surface area (Å²) in [5.41, 5.74) is 7.41. The fraction of sp³-hybridized carbons (Fsp3) is 0.686. The zero-order valence-corrected chi connectivity index (χ0v) is 88.7. The molecule has 8 aromatic rings. The van der Waals surface area contributed by atoms with Crippen LogP contribution in [0.25, 0.3) is 0 Å². The van der Waals surface area contributed by atoms with E-state index in [0.29, 0.717) is 153 Å². The summed E-state index contributed by atoms with van der Waals surface area (Å²) >= 11 is 0. The number of hydrogen-bond acceptors (Lipinski definition) is 32. The Labute approximate surface area is 795 Å². The molecule has 0 aliphatic rings. The maximum atomic E-state index is 11.6. The molecule has 0 fully saturated rings. The van der Waals surface area contributed by atoms with Gasteiger partial charge in [0.05, 0.1) is 34.1 Å². The van der Waals surface area contributed by atoms with E-state index in [4.69, 9.17) is 5.73 Å². The summed E-state index contributed by atoms with van der Waals surface area (Å²) in [5.74, 6) is 0. The molecule has 0 aliphatic heterocycles. The lowest BCUT2D eigenvalue weighted by atomic mass is 9.82. The molecule has 756 valence electrons. The lowest BCUT2D eigenvalue weighted by Crippen LogP contribution is -2.44. The van der Waals surface area contributed by atoms with E-state index in [0.717, 1.165) is 117 Å². The first-order chi connectivity index (χ1) is 61.6. The van der Waals surface area contributed by atoms with Crippen LogP contribution in [-0.4, -0.2) is 192 Å². The third-order valence-electron chi connectivity index (χ3n) is 22.3. The average Bonchev–Trinajstić information content (AvgIpc) is 0.756. The molecule has 0 unspecified atom stereocenters. The first kappa shape index (κ1) is 122. The molecule has 8 aromatic carbocycles. The normalized spacial score (nSPS) is 12.1. The highest BCUT2D eigenvalue weighted by Crippen LogP contribution is 2.32. The highest BCUT2D eigenvalue weighted by molar-refractivity contribution is 5.76. The van der Waals surface area contributed by atoms with E-state index >= 15 is 0 Å². The van der Waals surface area contributed by atoms with Gasteiger partial charge in [-0.15, -0.1) is 0 Å². The van der Waals surface area contributed by atoms with Crippen LogP contribution in [0, 0.1) is 10.8 Å². The summed E-state index contributed by atoms with van der Waals surface area (Å²) in [6, 6.07) is 0. The predicted molar refractivity (Wildman–Crippen MR) is 566 cm³/mol. The molecule has 32 heteroatoms. The summed E-state index contributed by atoms with van der Waals surface area (Å²) < 4.78 is 0. The van der Waals surface area contributed by atoms with Gasteiger partial charge in [-0.05, 0) is 158 Å². The SMILES string of the molecule is CC(C)(C)c1c(NCCN)c(=O)c1=O.CCCN(C)CCNc1c(C(C)(C)C)c(=O)c1=O.CCN(C)CCNc1c(C(C)(C)C)c(=O)c1=O.CCN(CC)CCNc1c(C(C)(C)C)c(=O)c1=O.CCN(CC)c1c(NCCCC(C)(C)C)c(=O)c1=O.CCNc1c(NCCCC(C)(C)C)c(=O)c1=O.CN(C)CCNc1c(C(C)(C)C)c(=O)c1=O.CNCCNc1c(C(C)(C)C)c(=O)c1=O. The summed E-state index contributed by atoms with van der Waals surface area (Å²) in [4.78, 5) is 194. The molecule has 32 nitrogen and oxygen atoms in total. The number of anilines is 10. The number of nitrogens with zero attached hydrogens (tertiary/aromatic N) is 5. The molecule has 0 radical (unpaired) electrons. The third-order valence-corrected chi connectivity index (χ3v) is 22.3. The molecular formula is C102H172N16O16. The average molecular weight is 1880 g/mol. The topological polar surface area (TPSA) is 436 Å². The quantitative estimate of drug-likeness (QED) is 0.0126. The van der Waals surface area contributed by atoms with E-state index in [-0.39, 0.29) is 103 Å². The van der Waals surface area contributed by atoms with Crippen LogP contribution >= 0.6 is 0 Å². The molecule has 0 saturated heterocycles. The van der Waals surface area contributed by atoms with E-state index in [1.54, 1.807) is 0 Å². The Morgan fingerprint density at radius 3 is 0.776 bits per heavy atom. The summed E-state index contributed by atoms with van der Waals surface area (Å²) in [6.07, 6.45) is 5.29. The van der Waals surface area contributed by atoms with Crippen molar-refractivity contribution in [3.63, 3.8) is 0 Å². The van der Waals surface area contributed by atoms with Crippen molar-refractivity contribution in [3.05, 3.63) is 197 Å². The van der Waals surface area contributed by atoms with Crippen molar-refractivity contribution in [2.24, 2.45) is 16.6 Å². The molecule has 0 amide bonds. The van der Waals surface area contributed by atoms with Gasteiger partial charge >= 0.3 is 0 Å². The van der Waals surface area contributed by atoms with E-state index < -0.39 is 16.3 Å². The van der Waals surface area contributed by atoms with Crippen LogP contribution in [0.3, 0.4) is 0 Å². The third kappa shape index (κ3) is 36.1. The minimum atomic E-state index is -0.414. The van der Waals surface area contributed by atoms with E-state index in [1.165, 1.54) is 0 Å². The zero-order chi connectivity index (χ0) is 104. The second-order valence-corrected chi connectivity index (χ2v) is 43.1. The molecule has 0 heterocycles. The van der Waals surface area contributed by atoms with E-state index in [2.05, 4.69) is 144 Å². The maximum absolute atomic E-state index is 11.6. The summed E-state index contributed by atoms with van der Waals surface area (Å²) in [6.45, 7) is 78.7. The first-order valence-electron chi connectivity index (χ1n) is 47.8. The largest absolute Gasteiger partial charge is 0.380 e. The van der Waals surface area contributed by atoms with Gasteiger partial charge in [-0.2, -0.15) is 0 Å². The minimum Gasteiger partial charge on any atom is -0.380 e. The number of rotatable bonds is 41. The Balaban J connectivity index is 0.000000767. The van der Waals surface area contributed by atoms with E-state index in [1.807, 2.05) is 183 Å². The smallest absolute Gasteiger partial charge is 0.253 e. The number of hydrogen-bond donors (Lipinski definition) is 11. The second kappa shape index (κ2) is 53.8. The van der Waals surface area contributed by atoms with Crippen molar-refractivity contribution < 1.29 is 0 Å². The van der Waals surface area contributed by atoms with Crippen LogP contribution in [0.5, 0.6) is 0 Å². The van der Waals surface area contributed by atoms with Crippen molar-refractivity contribution in [2.45, 2.75) is 279 Å². The monoisotopic (exact) mass is 1880 g/mol. The van der Waals surface area contributed by atoms with Gasteiger partial charge in [0.25, 0.3) is 21.7 Å². The Kier molecular flexibility index (Phi) is 49.1. The van der Waals surface area contributed by atoms with Gasteiger partial charge in [-0.1, -0.05) is 194 Å². The Bertz CT molecular complexity index is 5580. The Hall–Kier alpha value is -9.60. The predicted octanol–water partition coefficient (Wildman–Crippen LogP) is 8.65. The van der Waals surface area contributed by atoms with Gasteiger partial charge in [0.15, 0.2) is 0 Å². The number of likely N-dealkylation sites (N-methyl/N-ethyl adjacent to an activating group) is 5. The van der Waals surface area contributed by atoms with Crippen LogP contribution in [0.1, 0.15) is 280 Å². The Morgan fingerprint density at radius 2 is 0.515 bits per heavy atom. The molecular weight excluding hydrogens is 1710 g/mol. The molecule has 0 aliphatic carbocycles. The van der Waals surface area contributed by atoms with Gasteiger partial charge < -0.3 is 83.4 Å². The lowest BCUT2D eigenvalue weighted by Gasteiger charge is -2.25. The highest BCUT2D eigenvalue weighted by atomic mass is 16.2. The van der Waals surface area contributed by atoms with Gasteiger partial charge in [-0.3, -0.25) is 76.7 Å². The fourth-order valence-electron chi connectivity index (χ4n) is 14.8. The maximum Gasteiger partial charge on any atom is 0.253 e. The minimum absolute atomic E-state index is 0.257. The van der Waals surface area contributed by atoms with Crippen LogP contribution in [0.4, 0.5) is 56.9 Å². The molecule has 0 atom stereocenters. The lowest BCUT2D eigenvalue weighted by molar-refractivity contribution is 0.316. The standard InChI is InChI=1S/C15H26N2O2.2C14H24N2O2.2C13H22N2O2.C12H20N2O2.C11H18N2O2.C10H16N2O2/c1-6-17(7-2)12-11(13(18)14(12)19)16-10-8-9-15(3,4)5;1-6-8-16(5)9-7-15-11-10(14(2,3)4)12(17)13(11)18;1-6-16(7-2)9-8-15-11-10(14(3,4)5)12(17)13(11)18;1-6-15(5)8-7-14-10-9(13(2,3)4)11(16)12(10)17;1-5-14-9-10(12(17)11(9)16)15-8-6-7-13(2,3)4;1-12(2,3)8-9(11(16)10(8)15)13-6-7-14(4)5;1-11(2,3)7-8(10(15)9(7)14)13-6-5-12-4;1-10(2,3)6-7(12-5-4-11)9(14)8(6)13/h16H,6-10H2,1-5H3;2*15H,6-9H2,1-5H3;14H,6-8H2,1-5H3;14-15H,5-8H2,1-4H3;13H,6-7H2,1-5H3;12-13H,5-6H2,1-4H3;12H,4-5,11H2,1-3H3. The van der Waals surface area contributed by atoms with Gasteiger partial charge in [0, 0.05) is 145 Å². The summed E-state index contributed by atoms with van der Waals surface area (Å²) in [7, 11) is 9.85. The van der Waals surface area contributed by atoms with Crippen LogP contribution in [0.2, 0.25) is 0 Å². The van der Waals surface area contributed by atoms with Crippen LogP contribution in [-0.2, 0) is 32.5 Å². The molecule has 8 rings (SSSR count). The summed E-state index contributed by atoms with van der Waals surface area (Å²) in [5, 5.41) is 30.4. The van der Waals surface area contributed by atoms with Crippen molar-refractivity contribution >= 4 is 56.9 Å². The van der Waals surface area contributed by atoms with Gasteiger partial charge in [-0.25, -0.2) is 0 Å². The molecule has 0 bridgehead atoms. The van der Waals surface area contributed by atoms with Crippen molar-refractivity contribution in [2.75, 3.05) is 225 Å². The number of nitrogens with two attached hydrogens (primary N) is 1. The van der Waals surface area contributed by atoms with Crippen molar-refractivity contribution in [1.82, 2.24) is 24.9 Å². The van der Waals surface area contributed by atoms with Crippen LogP contribution in [0.15, 0.2) is 76.7 Å². The van der Waals surface area contributed by atoms with Gasteiger partial charge in [0.2, 0.25) is 65.1 Å². The zero-order valence-electron chi connectivity index (χ0n) is 88.7. The second-order valence-electron chi connectivity index (χ2n) is 43.1.